The third-order valence-corrected chi connectivity index (χ3v) is 6.78. The summed E-state index contributed by atoms with van der Waals surface area (Å²) in [5, 5.41) is 9.41. The first-order chi connectivity index (χ1) is 14.3. The minimum absolute atomic E-state index is 0.141. The fraction of sp³-hybridized carbons (Fsp3) is 0.300. The molecule has 0 amide bonds. The van der Waals surface area contributed by atoms with Crippen molar-refractivity contribution in [3.63, 3.8) is 0 Å². The van der Waals surface area contributed by atoms with Gasteiger partial charge in [-0.25, -0.2) is 18.2 Å². The number of carboxylic acid groups (broad SMARTS) is 1. The quantitative estimate of drug-likeness (QED) is 0.493. The minimum atomic E-state index is -3.29. The minimum Gasteiger partial charge on any atom is -0.477 e. The number of carboxylic acids is 1. The normalized spacial score (nSPS) is 14.8. The van der Waals surface area contributed by atoms with Crippen LogP contribution in [-0.2, 0) is 16.6 Å². The van der Waals surface area contributed by atoms with E-state index in [0.29, 0.717) is 35.9 Å². The lowest BCUT2D eigenvalue weighted by molar-refractivity contribution is 0.0691. The predicted molar refractivity (Wildman–Crippen MR) is 114 cm³/mol. The summed E-state index contributed by atoms with van der Waals surface area (Å²) < 4.78 is 26.1. The Morgan fingerprint density at radius 1 is 1.13 bits per heavy atom. The Bertz CT molecular complexity index is 1120. The second kappa shape index (κ2) is 9.24. The van der Waals surface area contributed by atoms with Crippen molar-refractivity contribution in [1.29, 1.82) is 0 Å². The van der Waals surface area contributed by atoms with E-state index in [2.05, 4.69) is 9.97 Å². The number of nitrogen functional groups attached to an aromatic ring is 1. The standard InChI is InChI=1S/C12H18N2O2S.C8H7N3O2/c13-10-11-4-6-12(7-5-11)17(15,16)14-8-2-1-3-9-14;9-7-2-5-4(3-10-7)1-6(11-5)8(12)13/h4-7H,1-3,8-10,13H2;1-3,11H,(H2,9,10)(H,12,13). The number of fused-ring (bicyclic) bond motifs is 1. The van der Waals surface area contributed by atoms with E-state index < -0.39 is 16.0 Å². The van der Waals surface area contributed by atoms with Gasteiger partial charge < -0.3 is 21.6 Å². The van der Waals surface area contributed by atoms with Crippen molar-refractivity contribution in [3.8, 4) is 0 Å². The van der Waals surface area contributed by atoms with E-state index in [4.69, 9.17) is 16.6 Å². The molecule has 6 N–H and O–H groups in total. The summed E-state index contributed by atoms with van der Waals surface area (Å²) in [5.74, 6) is -0.624. The number of aromatic carboxylic acids is 1. The largest absolute Gasteiger partial charge is 0.477 e. The van der Waals surface area contributed by atoms with Crippen molar-refractivity contribution in [3.05, 3.63) is 53.9 Å². The molecule has 1 aromatic carbocycles. The lowest BCUT2D eigenvalue weighted by Gasteiger charge is -2.25. The molecule has 10 heteroatoms. The number of carbonyl (C=O) groups is 1. The Balaban J connectivity index is 0.000000177. The third-order valence-electron chi connectivity index (χ3n) is 4.87. The lowest BCUT2D eigenvalue weighted by Crippen LogP contribution is -2.35. The number of pyridine rings is 1. The number of nitrogens with one attached hydrogen (secondary N) is 1. The van der Waals surface area contributed by atoms with E-state index in [0.717, 1.165) is 30.2 Å². The number of piperidine rings is 1. The highest BCUT2D eigenvalue weighted by Crippen LogP contribution is 2.20. The van der Waals surface area contributed by atoms with Crippen molar-refractivity contribution in [2.45, 2.75) is 30.7 Å². The van der Waals surface area contributed by atoms with Crippen molar-refractivity contribution < 1.29 is 18.3 Å². The number of rotatable bonds is 4. The third kappa shape index (κ3) is 4.96. The van der Waals surface area contributed by atoms with E-state index in [-0.39, 0.29) is 5.69 Å². The molecular weight excluding hydrogens is 406 g/mol. The molecule has 0 aliphatic carbocycles. The molecule has 0 radical (unpaired) electrons. The van der Waals surface area contributed by atoms with Crippen LogP contribution < -0.4 is 11.5 Å². The summed E-state index contributed by atoms with van der Waals surface area (Å²) in [5.41, 5.74) is 12.7. The molecule has 160 valence electrons. The number of aromatic amines is 1. The average molecular weight is 432 g/mol. The second-order valence-electron chi connectivity index (χ2n) is 7.00. The van der Waals surface area contributed by atoms with Gasteiger partial charge in [0.15, 0.2) is 0 Å². The van der Waals surface area contributed by atoms with Gasteiger partial charge in [0.2, 0.25) is 10.0 Å². The van der Waals surface area contributed by atoms with Gasteiger partial charge in [-0.15, -0.1) is 0 Å². The summed E-state index contributed by atoms with van der Waals surface area (Å²) in [6.45, 7) is 1.71. The van der Waals surface area contributed by atoms with Crippen LogP contribution in [0, 0.1) is 0 Å². The van der Waals surface area contributed by atoms with Crippen LogP contribution in [0.5, 0.6) is 0 Å². The summed E-state index contributed by atoms with van der Waals surface area (Å²) in [6.07, 6.45) is 4.58. The summed E-state index contributed by atoms with van der Waals surface area (Å²) >= 11 is 0. The van der Waals surface area contributed by atoms with Crippen LogP contribution in [0.25, 0.3) is 10.9 Å². The summed E-state index contributed by atoms with van der Waals surface area (Å²) in [4.78, 5) is 17.5. The maximum Gasteiger partial charge on any atom is 0.352 e. The second-order valence-corrected chi connectivity index (χ2v) is 8.94. The molecule has 3 aromatic rings. The van der Waals surface area contributed by atoms with Crippen LogP contribution in [0.15, 0.2) is 47.5 Å². The lowest BCUT2D eigenvalue weighted by atomic mass is 10.2. The van der Waals surface area contributed by atoms with Crippen LogP contribution in [0.4, 0.5) is 5.82 Å². The van der Waals surface area contributed by atoms with Gasteiger partial charge in [0.05, 0.1) is 10.4 Å². The van der Waals surface area contributed by atoms with Gasteiger partial charge in [-0.3, -0.25) is 0 Å². The number of nitrogens with zero attached hydrogens (tertiary/aromatic N) is 2. The predicted octanol–water partition coefficient (Wildman–Crippen LogP) is 2.16. The van der Waals surface area contributed by atoms with E-state index in [1.807, 2.05) is 0 Å². The van der Waals surface area contributed by atoms with Crippen LogP contribution in [0.3, 0.4) is 0 Å². The molecule has 4 rings (SSSR count). The maximum absolute atomic E-state index is 12.3. The van der Waals surface area contributed by atoms with Crippen molar-refractivity contribution in [2.75, 3.05) is 18.8 Å². The smallest absolute Gasteiger partial charge is 0.352 e. The van der Waals surface area contributed by atoms with Crippen LogP contribution in [0.1, 0.15) is 35.3 Å². The van der Waals surface area contributed by atoms with Crippen molar-refractivity contribution in [2.24, 2.45) is 5.73 Å². The monoisotopic (exact) mass is 431 g/mol. The van der Waals surface area contributed by atoms with Gasteiger partial charge in [0.1, 0.15) is 11.5 Å². The highest BCUT2D eigenvalue weighted by Gasteiger charge is 2.25. The molecule has 1 aliphatic heterocycles. The molecule has 0 bridgehead atoms. The Morgan fingerprint density at radius 3 is 2.40 bits per heavy atom. The molecule has 0 atom stereocenters. The molecule has 1 fully saturated rings. The number of hydrogen-bond donors (Lipinski definition) is 4. The fourth-order valence-electron chi connectivity index (χ4n) is 3.21. The number of sulfonamides is 1. The number of anilines is 1. The van der Waals surface area contributed by atoms with Gasteiger partial charge in [0.25, 0.3) is 0 Å². The highest BCUT2D eigenvalue weighted by atomic mass is 32.2. The van der Waals surface area contributed by atoms with E-state index >= 15 is 0 Å². The zero-order chi connectivity index (χ0) is 21.7. The summed E-state index contributed by atoms with van der Waals surface area (Å²) in [6, 6.07) is 9.96. The van der Waals surface area contributed by atoms with E-state index in [1.54, 1.807) is 34.6 Å². The average Bonchev–Trinajstić information content (AvgIpc) is 3.18. The number of nitrogens with two attached hydrogens (primary N) is 2. The molecule has 0 unspecified atom stereocenters. The van der Waals surface area contributed by atoms with Crippen LogP contribution >= 0.6 is 0 Å². The van der Waals surface area contributed by atoms with Gasteiger partial charge in [0, 0.05) is 37.3 Å². The topological polar surface area (TPSA) is 155 Å². The summed E-state index contributed by atoms with van der Waals surface area (Å²) in [7, 11) is -3.29. The number of hydrogen-bond acceptors (Lipinski definition) is 6. The first kappa shape index (κ1) is 21.8. The maximum atomic E-state index is 12.3. The SMILES string of the molecule is NCc1ccc(S(=O)(=O)N2CCCCC2)cc1.Nc1cc2[nH]c(C(=O)O)cc2cn1. The number of aromatic nitrogens is 2. The molecule has 1 saturated heterocycles. The highest BCUT2D eigenvalue weighted by molar-refractivity contribution is 7.89. The molecule has 30 heavy (non-hydrogen) atoms. The van der Waals surface area contributed by atoms with E-state index in [9.17, 15) is 13.2 Å². The van der Waals surface area contributed by atoms with Crippen molar-refractivity contribution in [1.82, 2.24) is 14.3 Å². The van der Waals surface area contributed by atoms with Gasteiger partial charge in [-0.1, -0.05) is 18.6 Å². The van der Waals surface area contributed by atoms with Gasteiger partial charge in [-0.05, 0) is 36.6 Å². The fourth-order valence-corrected chi connectivity index (χ4v) is 4.73. The molecule has 2 aromatic heterocycles. The van der Waals surface area contributed by atoms with Gasteiger partial charge >= 0.3 is 5.97 Å². The molecule has 0 saturated carbocycles. The Morgan fingerprint density at radius 2 is 1.80 bits per heavy atom. The first-order valence-electron chi connectivity index (χ1n) is 9.58. The van der Waals surface area contributed by atoms with E-state index in [1.165, 1.54) is 12.3 Å². The van der Waals surface area contributed by atoms with Gasteiger partial charge in [-0.2, -0.15) is 4.31 Å². The first-order valence-corrected chi connectivity index (χ1v) is 11.0. The Hall–Kier alpha value is -2.95. The van der Waals surface area contributed by atoms with Crippen LogP contribution in [-0.4, -0.2) is 46.9 Å². The molecule has 9 nitrogen and oxygen atoms in total. The zero-order valence-electron chi connectivity index (χ0n) is 16.4. The van der Waals surface area contributed by atoms with Crippen molar-refractivity contribution >= 4 is 32.7 Å². The zero-order valence-corrected chi connectivity index (χ0v) is 17.2. The molecule has 1 aliphatic rings. The molecular formula is C20H25N5O4S. The Labute approximate surface area is 174 Å². The molecule has 3 heterocycles. The number of H-pyrrole nitrogens is 1. The van der Waals surface area contributed by atoms with Crippen LogP contribution in [0.2, 0.25) is 0 Å². The Kier molecular flexibility index (Phi) is 6.70. The number of benzene rings is 1. The molecule has 0 spiro atoms.